The summed E-state index contributed by atoms with van der Waals surface area (Å²) in [6.07, 6.45) is 1.11. The highest BCUT2D eigenvalue weighted by Crippen LogP contribution is 2.20. The van der Waals surface area contributed by atoms with Crippen LogP contribution in [0.4, 0.5) is 0 Å². The van der Waals surface area contributed by atoms with Crippen LogP contribution >= 0.6 is 11.8 Å². The quantitative estimate of drug-likeness (QED) is 0.435. The van der Waals surface area contributed by atoms with Crippen LogP contribution in [0.25, 0.3) is 11.4 Å². The Morgan fingerprint density at radius 1 is 1.32 bits per heavy atom. The average molecular weight is 402 g/mol. The standard InChI is InChI=1S/C18H22N6O3S/c1-13-16(17(25)24(22(13)2)14-6-4-3-5-7-14)23-18(19-20-21-23)28-11-10-27-15-8-9-26-12-15/h3-7,15H,8-12H2,1-2H3. The van der Waals surface area contributed by atoms with Crippen molar-refractivity contribution in [2.45, 2.75) is 24.6 Å². The maximum absolute atomic E-state index is 13.1. The van der Waals surface area contributed by atoms with Crippen LogP contribution in [0.3, 0.4) is 0 Å². The van der Waals surface area contributed by atoms with E-state index in [0.29, 0.717) is 29.8 Å². The third-order valence-electron chi connectivity index (χ3n) is 4.73. The molecule has 0 N–H and O–H groups in total. The second-order valence-electron chi connectivity index (χ2n) is 6.49. The maximum atomic E-state index is 13.1. The molecule has 0 aliphatic carbocycles. The molecule has 4 rings (SSSR count). The Bertz CT molecular complexity index is 991. The lowest BCUT2D eigenvalue weighted by Crippen LogP contribution is -2.22. The number of hydrogen-bond donors (Lipinski definition) is 0. The Kier molecular flexibility index (Phi) is 5.60. The van der Waals surface area contributed by atoms with Gasteiger partial charge >= 0.3 is 0 Å². The summed E-state index contributed by atoms with van der Waals surface area (Å²) < 4.78 is 16.0. The van der Waals surface area contributed by atoms with Gasteiger partial charge in [0.2, 0.25) is 5.16 Å². The van der Waals surface area contributed by atoms with Gasteiger partial charge in [-0.15, -0.1) is 5.10 Å². The number of ether oxygens (including phenoxy) is 2. The number of aromatic nitrogens is 6. The van der Waals surface area contributed by atoms with Crippen LogP contribution < -0.4 is 5.56 Å². The lowest BCUT2D eigenvalue weighted by molar-refractivity contribution is 0.0525. The minimum Gasteiger partial charge on any atom is -0.379 e. The highest BCUT2D eigenvalue weighted by molar-refractivity contribution is 7.99. The second kappa shape index (κ2) is 8.29. The molecule has 1 atom stereocenters. The van der Waals surface area contributed by atoms with Crippen LogP contribution in [0, 0.1) is 6.92 Å². The molecule has 0 radical (unpaired) electrons. The van der Waals surface area contributed by atoms with E-state index in [1.54, 1.807) is 4.68 Å². The Balaban J connectivity index is 1.55. The number of hydrogen-bond acceptors (Lipinski definition) is 7. The summed E-state index contributed by atoms with van der Waals surface area (Å²) in [4.78, 5) is 13.1. The van der Waals surface area contributed by atoms with Crippen molar-refractivity contribution >= 4 is 11.8 Å². The molecule has 2 aromatic heterocycles. The number of thioether (sulfide) groups is 1. The first kappa shape index (κ1) is 18.9. The van der Waals surface area contributed by atoms with E-state index in [-0.39, 0.29) is 11.7 Å². The number of para-hydroxylation sites is 1. The van der Waals surface area contributed by atoms with Gasteiger partial charge < -0.3 is 9.47 Å². The minimum absolute atomic E-state index is 0.167. The first-order valence-corrected chi connectivity index (χ1v) is 10.1. The smallest absolute Gasteiger partial charge is 0.297 e. The van der Waals surface area contributed by atoms with Gasteiger partial charge in [-0.1, -0.05) is 30.0 Å². The van der Waals surface area contributed by atoms with E-state index in [4.69, 9.17) is 9.47 Å². The van der Waals surface area contributed by atoms with Crippen molar-refractivity contribution in [3.8, 4) is 11.4 Å². The molecule has 1 fully saturated rings. The Morgan fingerprint density at radius 3 is 2.89 bits per heavy atom. The van der Waals surface area contributed by atoms with Crippen molar-refractivity contribution in [1.29, 1.82) is 0 Å². The summed E-state index contributed by atoms with van der Waals surface area (Å²) in [5.74, 6) is 0.690. The number of rotatable bonds is 7. The monoisotopic (exact) mass is 402 g/mol. The molecule has 0 bridgehead atoms. The lowest BCUT2D eigenvalue weighted by Gasteiger charge is -2.08. The van der Waals surface area contributed by atoms with Gasteiger partial charge in [0.1, 0.15) is 0 Å². The van der Waals surface area contributed by atoms with E-state index in [1.807, 2.05) is 49.0 Å². The topological polar surface area (TPSA) is 89.0 Å². The number of benzene rings is 1. The highest BCUT2D eigenvalue weighted by Gasteiger charge is 2.22. The fourth-order valence-electron chi connectivity index (χ4n) is 3.20. The van der Waals surface area contributed by atoms with Crippen molar-refractivity contribution < 1.29 is 9.47 Å². The molecule has 1 aromatic carbocycles. The predicted octanol–water partition coefficient (Wildman–Crippen LogP) is 1.36. The van der Waals surface area contributed by atoms with Crippen LogP contribution in [0.5, 0.6) is 0 Å². The van der Waals surface area contributed by atoms with Crippen molar-refractivity contribution in [1.82, 2.24) is 29.6 Å². The third kappa shape index (κ3) is 3.62. The number of tetrazole rings is 1. The van der Waals surface area contributed by atoms with E-state index < -0.39 is 0 Å². The molecule has 3 aromatic rings. The first-order chi connectivity index (χ1) is 13.7. The lowest BCUT2D eigenvalue weighted by atomic mass is 10.3. The van der Waals surface area contributed by atoms with E-state index >= 15 is 0 Å². The minimum atomic E-state index is -0.167. The molecule has 1 unspecified atom stereocenters. The van der Waals surface area contributed by atoms with Gasteiger partial charge in [0.05, 0.1) is 30.7 Å². The van der Waals surface area contributed by atoms with Crippen molar-refractivity contribution in [3.05, 3.63) is 46.4 Å². The molecule has 1 saturated heterocycles. The van der Waals surface area contributed by atoms with Crippen LogP contribution in [-0.4, -0.2) is 61.2 Å². The summed E-state index contributed by atoms with van der Waals surface area (Å²) >= 11 is 1.46. The summed E-state index contributed by atoms with van der Waals surface area (Å²) in [7, 11) is 1.85. The van der Waals surface area contributed by atoms with E-state index in [9.17, 15) is 4.79 Å². The summed E-state index contributed by atoms with van der Waals surface area (Å²) in [5, 5.41) is 12.5. The van der Waals surface area contributed by atoms with E-state index in [2.05, 4.69) is 15.5 Å². The van der Waals surface area contributed by atoms with Crippen LogP contribution in [0.15, 0.2) is 40.3 Å². The van der Waals surface area contributed by atoms with Gasteiger partial charge in [-0.3, -0.25) is 9.48 Å². The normalized spacial score (nSPS) is 16.7. The zero-order valence-electron chi connectivity index (χ0n) is 15.8. The number of nitrogens with zero attached hydrogens (tertiary/aromatic N) is 6. The Morgan fingerprint density at radius 2 is 2.14 bits per heavy atom. The van der Waals surface area contributed by atoms with Gasteiger partial charge in [0, 0.05) is 19.4 Å². The Hall–Kier alpha value is -2.43. The maximum Gasteiger partial charge on any atom is 0.297 e. The van der Waals surface area contributed by atoms with Crippen molar-refractivity contribution in [3.63, 3.8) is 0 Å². The fourth-order valence-corrected chi connectivity index (χ4v) is 3.91. The summed E-state index contributed by atoms with van der Waals surface area (Å²) in [6, 6.07) is 9.50. The zero-order valence-corrected chi connectivity index (χ0v) is 16.6. The molecule has 0 saturated carbocycles. The Labute approximate surface area is 166 Å². The molecule has 0 amide bonds. The predicted molar refractivity (Wildman–Crippen MR) is 104 cm³/mol. The molecule has 1 aliphatic rings. The molecule has 1 aliphatic heterocycles. The molecule has 148 valence electrons. The average Bonchev–Trinajstić information content (AvgIpc) is 3.42. The van der Waals surface area contributed by atoms with Crippen LogP contribution in [-0.2, 0) is 16.5 Å². The van der Waals surface area contributed by atoms with E-state index in [0.717, 1.165) is 24.4 Å². The van der Waals surface area contributed by atoms with Gasteiger partial charge in [0.25, 0.3) is 5.56 Å². The van der Waals surface area contributed by atoms with Gasteiger partial charge in [0.15, 0.2) is 5.69 Å². The van der Waals surface area contributed by atoms with Crippen molar-refractivity contribution in [2.75, 3.05) is 25.6 Å². The van der Waals surface area contributed by atoms with Gasteiger partial charge in [-0.05, 0) is 35.9 Å². The van der Waals surface area contributed by atoms with Gasteiger partial charge in [-0.25, -0.2) is 4.68 Å². The highest BCUT2D eigenvalue weighted by atomic mass is 32.2. The first-order valence-electron chi connectivity index (χ1n) is 9.11. The van der Waals surface area contributed by atoms with Gasteiger partial charge in [-0.2, -0.15) is 4.68 Å². The van der Waals surface area contributed by atoms with E-state index in [1.165, 1.54) is 16.4 Å². The molecular weight excluding hydrogens is 380 g/mol. The van der Waals surface area contributed by atoms with Crippen molar-refractivity contribution in [2.24, 2.45) is 7.05 Å². The summed E-state index contributed by atoms with van der Waals surface area (Å²) in [6.45, 7) is 3.88. The largest absolute Gasteiger partial charge is 0.379 e. The summed E-state index contributed by atoms with van der Waals surface area (Å²) in [5.41, 5.74) is 1.85. The fraction of sp³-hybridized carbons (Fsp3) is 0.444. The molecule has 9 nitrogen and oxygen atoms in total. The molecule has 0 spiro atoms. The molecule has 3 heterocycles. The SMILES string of the molecule is Cc1c(-n2nnnc2SCCOC2CCOC2)c(=O)n(-c2ccccc2)n1C. The molecule has 28 heavy (non-hydrogen) atoms. The second-order valence-corrected chi connectivity index (χ2v) is 7.55. The third-order valence-corrected chi connectivity index (χ3v) is 5.62. The molecular formula is C18H22N6O3S. The van der Waals surface area contributed by atoms with Crippen LogP contribution in [0.1, 0.15) is 12.1 Å². The zero-order chi connectivity index (χ0) is 19.5. The van der Waals surface area contributed by atoms with Crippen LogP contribution in [0.2, 0.25) is 0 Å². The molecule has 10 heteroatoms.